The van der Waals surface area contributed by atoms with E-state index >= 15 is 0 Å². The topological polar surface area (TPSA) is 59.3 Å². The minimum atomic E-state index is -0.0919. The largest absolute Gasteiger partial charge is 0.351 e. The number of fused-ring (bicyclic) bond motifs is 1. The van der Waals surface area contributed by atoms with Crippen LogP contribution in [0, 0.1) is 0 Å². The molecule has 2 aromatic rings. The van der Waals surface area contributed by atoms with Crippen LogP contribution in [0.1, 0.15) is 36.0 Å². The monoisotopic (exact) mass is 290 g/mol. The summed E-state index contributed by atoms with van der Waals surface area (Å²) >= 11 is 1.98. The molecule has 1 saturated carbocycles. The molecule has 6 heteroatoms. The Kier molecular flexibility index (Phi) is 4.20. The van der Waals surface area contributed by atoms with Gasteiger partial charge in [-0.25, -0.2) is 9.50 Å². The Balaban J connectivity index is 1.51. The van der Waals surface area contributed by atoms with E-state index in [-0.39, 0.29) is 5.91 Å². The number of thioether (sulfide) groups is 1. The smallest absolute Gasteiger partial charge is 0.256 e. The highest BCUT2D eigenvalue weighted by molar-refractivity contribution is 7.99. The summed E-state index contributed by atoms with van der Waals surface area (Å²) < 4.78 is 1.61. The van der Waals surface area contributed by atoms with Crippen LogP contribution in [-0.4, -0.2) is 38.1 Å². The van der Waals surface area contributed by atoms with Crippen molar-refractivity contribution in [3.8, 4) is 0 Å². The molecule has 1 aliphatic rings. The molecule has 0 saturated heterocycles. The van der Waals surface area contributed by atoms with E-state index in [1.807, 2.05) is 11.8 Å². The van der Waals surface area contributed by atoms with Gasteiger partial charge in [0.25, 0.3) is 5.91 Å². The van der Waals surface area contributed by atoms with Gasteiger partial charge in [-0.1, -0.05) is 12.8 Å². The lowest BCUT2D eigenvalue weighted by Gasteiger charge is -2.08. The van der Waals surface area contributed by atoms with Gasteiger partial charge in [-0.2, -0.15) is 16.9 Å². The van der Waals surface area contributed by atoms with Crippen molar-refractivity contribution < 1.29 is 4.79 Å². The molecule has 1 fully saturated rings. The normalized spacial score (nSPS) is 15.8. The van der Waals surface area contributed by atoms with E-state index in [1.165, 1.54) is 25.7 Å². The highest BCUT2D eigenvalue weighted by atomic mass is 32.2. The fourth-order valence-electron chi connectivity index (χ4n) is 2.53. The van der Waals surface area contributed by atoms with Crippen LogP contribution in [0.2, 0.25) is 0 Å². The van der Waals surface area contributed by atoms with E-state index in [0.717, 1.165) is 11.0 Å². The Morgan fingerprint density at radius 3 is 3.15 bits per heavy atom. The number of carbonyl (C=O) groups excluding carboxylic acids is 1. The van der Waals surface area contributed by atoms with E-state index in [0.29, 0.717) is 17.8 Å². The second kappa shape index (κ2) is 6.26. The lowest BCUT2D eigenvalue weighted by Crippen LogP contribution is -2.26. The first-order chi connectivity index (χ1) is 9.84. The van der Waals surface area contributed by atoms with Gasteiger partial charge in [0.05, 0.1) is 6.20 Å². The molecule has 0 radical (unpaired) electrons. The standard InChI is InChI=1S/C14H18N4OS/c19-14(16-7-9-20-11-4-1-2-5-11)12-10-17-18-8-3-6-15-13(12)18/h3,6,8,10-11H,1-2,4-5,7,9H2,(H,16,19). The van der Waals surface area contributed by atoms with Crippen molar-refractivity contribution in [2.45, 2.75) is 30.9 Å². The second-order valence-electron chi connectivity index (χ2n) is 4.98. The third-order valence-corrected chi connectivity index (χ3v) is 4.95. The fraction of sp³-hybridized carbons (Fsp3) is 0.500. The Hall–Kier alpha value is -1.56. The third-order valence-electron chi connectivity index (χ3n) is 3.57. The maximum Gasteiger partial charge on any atom is 0.256 e. The Labute approximate surface area is 122 Å². The van der Waals surface area contributed by atoms with Gasteiger partial charge >= 0.3 is 0 Å². The summed E-state index contributed by atoms with van der Waals surface area (Å²) in [6.07, 6.45) is 10.4. The van der Waals surface area contributed by atoms with Gasteiger partial charge in [-0.3, -0.25) is 4.79 Å². The van der Waals surface area contributed by atoms with Crippen molar-refractivity contribution in [3.63, 3.8) is 0 Å². The second-order valence-corrected chi connectivity index (χ2v) is 6.39. The lowest BCUT2D eigenvalue weighted by atomic mass is 10.3. The molecule has 106 valence electrons. The predicted molar refractivity (Wildman–Crippen MR) is 80.0 cm³/mol. The van der Waals surface area contributed by atoms with Crippen LogP contribution in [0.5, 0.6) is 0 Å². The van der Waals surface area contributed by atoms with Gasteiger partial charge < -0.3 is 5.32 Å². The van der Waals surface area contributed by atoms with Crippen molar-refractivity contribution in [2.75, 3.05) is 12.3 Å². The molecule has 2 heterocycles. The summed E-state index contributed by atoms with van der Waals surface area (Å²) in [5, 5.41) is 7.86. The molecule has 3 rings (SSSR count). The van der Waals surface area contributed by atoms with Crippen molar-refractivity contribution in [2.24, 2.45) is 0 Å². The first kappa shape index (κ1) is 13.4. The van der Waals surface area contributed by atoms with Crippen molar-refractivity contribution >= 4 is 23.3 Å². The molecule has 0 spiro atoms. The minimum absolute atomic E-state index is 0.0919. The molecular weight excluding hydrogens is 272 g/mol. The Morgan fingerprint density at radius 2 is 2.30 bits per heavy atom. The highest BCUT2D eigenvalue weighted by Crippen LogP contribution is 2.28. The van der Waals surface area contributed by atoms with Crippen LogP contribution < -0.4 is 5.32 Å². The van der Waals surface area contributed by atoms with Gasteiger partial charge in [0.15, 0.2) is 5.65 Å². The summed E-state index contributed by atoms with van der Waals surface area (Å²) in [4.78, 5) is 16.3. The zero-order valence-electron chi connectivity index (χ0n) is 11.3. The molecule has 1 amide bonds. The fourth-order valence-corrected chi connectivity index (χ4v) is 3.75. The van der Waals surface area contributed by atoms with Gasteiger partial charge in [0.2, 0.25) is 0 Å². The van der Waals surface area contributed by atoms with E-state index in [4.69, 9.17) is 0 Å². The molecule has 0 unspecified atom stereocenters. The molecule has 0 aromatic carbocycles. The summed E-state index contributed by atoms with van der Waals surface area (Å²) in [6, 6.07) is 1.79. The molecule has 5 nitrogen and oxygen atoms in total. The average molecular weight is 290 g/mol. The predicted octanol–water partition coefficient (Wildman–Crippen LogP) is 2.13. The summed E-state index contributed by atoms with van der Waals surface area (Å²) in [5.74, 6) is 0.883. The van der Waals surface area contributed by atoms with Crippen LogP contribution in [0.4, 0.5) is 0 Å². The maximum atomic E-state index is 12.1. The molecule has 2 aromatic heterocycles. The van der Waals surface area contributed by atoms with Crippen molar-refractivity contribution in [3.05, 3.63) is 30.2 Å². The van der Waals surface area contributed by atoms with Crippen LogP contribution in [-0.2, 0) is 0 Å². The number of rotatable bonds is 5. The number of hydrogen-bond acceptors (Lipinski definition) is 4. The highest BCUT2D eigenvalue weighted by Gasteiger charge is 2.16. The molecule has 0 atom stereocenters. The first-order valence-electron chi connectivity index (χ1n) is 7.03. The van der Waals surface area contributed by atoms with Crippen molar-refractivity contribution in [1.82, 2.24) is 19.9 Å². The van der Waals surface area contributed by atoms with E-state index < -0.39 is 0 Å². The molecule has 0 aliphatic heterocycles. The van der Waals surface area contributed by atoms with Crippen LogP contribution in [0.15, 0.2) is 24.7 Å². The van der Waals surface area contributed by atoms with E-state index in [9.17, 15) is 4.79 Å². The molecule has 20 heavy (non-hydrogen) atoms. The van der Waals surface area contributed by atoms with Crippen LogP contribution in [0.25, 0.3) is 5.65 Å². The van der Waals surface area contributed by atoms with Gasteiger partial charge in [0, 0.05) is 29.9 Å². The van der Waals surface area contributed by atoms with Crippen molar-refractivity contribution in [1.29, 1.82) is 0 Å². The number of carbonyl (C=O) groups is 1. The van der Waals surface area contributed by atoms with E-state index in [1.54, 1.807) is 29.2 Å². The molecule has 0 bridgehead atoms. The summed E-state index contributed by atoms with van der Waals surface area (Å²) in [5.41, 5.74) is 1.14. The Morgan fingerprint density at radius 1 is 1.45 bits per heavy atom. The van der Waals surface area contributed by atoms with Crippen LogP contribution >= 0.6 is 11.8 Å². The molecule has 1 N–H and O–H groups in total. The quantitative estimate of drug-likeness (QED) is 0.857. The summed E-state index contributed by atoms with van der Waals surface area (Å²) in [6.45, 7) is 0.699. The SMILES string of the molecule is O=C(NCCSC1CCCC1)c1cnn2cccnc12. The Bertz CT molecular complexity index is 592. The zero-order chi connectivity index (χ0) is 13.8. The molecule has 1 aliphatic carbocycles. The number of nitrogens with zero attached hydrogens (tertiary/aromatic N) is 3. The zero-order valence-corrected chi connectivity index (χ0v) is 12.1. The number of hydrogen-bond donors (Lipinski definition) is 1. The number of amides is 1. The van der Waals surface area contributed by atoms with Crippen LogP contribution in [0.3, 0.4) is 0 Å². The molecular formula is C14H18N4OS. The average Bonchev–Trinajstić information content (AvgIpc) is 3.12. The number of nitrogens with one attached hydrogen (secondary N) is 1. The van der Waals surface area contributed by atoms with Gasteiger partial charge in [-0.15, -0.1) is 0 Å². The van der Waals surface area contributed by atoms with Gasteiger partial charge in [-0.05, 0) is 18.9 Å². The first-order valence-corrected chi connectivity index (χ1v) is 8.07. The minimum Gasteiger partial charge on any atom is -0.351 e. The number of aromatic nitrogens is 3. The van der Waals surface area contributed by atoms with Gasteiger partial charge in [0.1, 0.15) is 5.56 Å². The van der Waals surface area contributed by atoms with E-state index in [2.05, 4.69) is 15.4 Å². The third kappa shape index (κ3) is 2.95. The lowest BCUT2D eigenvalue weighted by molar-refractivity contribution is 0.0957. The maximum absolute atomic E-state index is 12.1. The summed E-state index contributed by atoms with van der Waals surface area (Å²) in [7, 11) is 0.